The smallest absolute Gasteiger partial charge is 0.337 e. The lowest BCUT2D eigenvalue weighted by atomic mass is 10.4. The Kier molecular flexibility index (Phi) is 4.15. The SMILES string of the molecule is C=CCn1ccc(C(=O)O)c1.Cl. The molecule has 0 saturated carbocycles. The summed E-state index contributed by atoms with van der Waals surface area (Å²) >= 11 is 0. The van der Waals surface area contributed by atoms with E-state index in [4.69, 9.17) is 5.11 Å². The second kappa shape index (κ2) is 4.62. The Balaban J connectivity index is 0.00000121. The first-order chi connectivity index (χ1) is 5.24. The number of hydrogen-bond donors (Lipinski definition) is 1. The van der Waals surface area contributed by atoms with E-state index >= 15 is 0 Å². The van der Waals surface area contributed by atoms with Gasteiger partial charge in [0.1, 0.15) is 0 Å². The molecule has 0 spiro atoms. The van der Waals surface area contributed by atoms with Gasteiger partial charge in [0.15, 0.2) is 0 Å². The normalized spacial score (nSPS) is 8.67. The standard InChI is InChI=1S/C8H9NO2.ClH/c1-2-4-9-5-3-7(6-9)8(10)11;/h2-3,5-6H,1,4H2,(H,10,11);1H. The van der Waals surface area contributed by atoms with Crippen LogP contribution in [0.1, 0.15) is 10.4 Å². The van der Waals surface area contributed by atoms with Gasteiger partial charge in [0.2, 0.25) is 0 Å². The highest BCUT2D eigenvalue weighted by Gasteiger charge is 2.02. The average Bonchev–Trinajstić information content (AvgIpc) is 2.37. The van der Waals surface area contributed by atoms with Crippen LogP contribution in [0, 0.1) is 0 Å². The van der Waals surface area contributed by atoms with Crippen LogP contribution in [0.3, 0.4) is 0 Å². The van der Waals surface area contributed by atoms with E-state index in [-0.39, 0.29) is 12.4 Å². The van der Waals surface area contributed by atoms with Crippen LogP contribution < -0.4 is 0 Å². The van der Waals surface area contributed by atoms with E-state index in [9.17, 15) is 4.79 Å². The number of hydrogen-bond acceptors (Lipinski definition) is 1. The molecule has 1 N–H and O–H groups in total. The minimum absolute atomic E-state index is 0. The van der Waals surface area contributed by atoms with Gasteiger partial charge in [-0.15, -0.1) is 19.0 Å². The van der Waals surface area contributed by atoms with E-state index in [0.717, 1.165) is 0 Å². The van der Waals surface area contributed by atoms with Gasteiger partial charge in [0.05, 0.1) is 5.56 Å². The predicted molar refractivity (Wildman–Crippen MR) is 48.8 cm³/mol. The second-order valence-corrected chi connectivity index (χ2v) is 2.19. The minimum atomic E-state index is -0.896. The quantitative estimate of drug-likeness (QED) is 0.734. The van der Waals surface area contributed by atoms with Crippen molar-refractivity contribution < 1.29 is 9.90 Å². The number of allylic oxidation sites excluding steroid dienone is 1. The Morgan fingerprint density at radius 2 is 2.42 bits per heavy atom. The number of aromatic carboxylic acids is 1. The maximum atomic E-state index is 10.4. The van der Waals surface area contributed by atoms with Gasteiger partial charge in [-0.3, -0.25) is 0 Å². The number of aromatic nitrogens is 1. The van der Waals surface area contributed by atoms with Gasteiger partial charge in [0.25, 0.3) is 0 Å². The third-order valence-electron chi connectivity index (χ3n) is 1.34. The van der Waals surface area contributed by atoms with Gasteiger partial charge in [-0.2, -0.15) is 0 Å². The lowest BCUT2D eigenvalue weighted by Crippen LogP contribution is -1.94. The van der Waals surface area contributed by atoms with Crippen LogP contribution in [0.5, 0.6) is 0 Å². The van der Waals surface area contributed by atoms with Gasteiger partial charge >= 0.3 is 5.97 Å². The Labute approximate surface area is 76.7 Å². The molecule has 12 heavy (non-hydrogen) atoms. The molecule has 0 bridgehead atoms. The van der Waals surface area contributed by atoms with Crippen LogP contribution in [-0.4, -0.2) is 15.6 Å². The van der Waals surface area contributed by atoms with Gasteiger partial charge in [-0.25, -0.2) is 4.79 Å². The van der Waals surface area contributed by atoms with Crippen LogP contribution in [-0.2, 0) is 6.54 Å². The molecular formula is C8H10ClNO2. The molecule has 4 heteroatoms. The van der Waals surface area contributed by atoms with E-state index in [1.807, 2.05) is 0 Å². The largest absolute Gasteiger partial charge is 0.478 e. The minimum Gasteiger partial charge on any atom is -0.478 e. The third-order valence-corrected chi connectivity index (χ3v) is 1.34. The molecule has 0 unspecified atom stereocenters. The topological polar surface area (TPSA) is 42.2 Å². The van der Waals surface area contributed by atoms with Gasteiger partial charge in [-0.1, -0.05) is 6.08 Å². The molecule has 0 radical (unpaired) electrons. The highest BCUT2D eigenvalue weighted by Crippen LogP contribution is 2.00. The lowest BCUT2D eigenvalue weighted by molar-refractivity contribution is 0.0697. The van der Waals surface area contributed by atoms with Crippen molar-refractivity contribution in [3.63, 3.8) is 0 Å². The first-order valence-electron chi connectivity index (χ1n) is 3.24. The van der Waals surface area contributed by atoms with Crippen molar-refractivity contribution in [2.45, 2.75) is 6.54 Å². The Morgan fingerprint density at radius 3 is 2.83 bits per heavy atom. The van der Waals surface area contributed by atoms with Crippen molar-refractivity contribution in [1.29, 1.82) is 0 Å². The second-order valence-electron chi connectivity index (χ2n) is 2.19. The monoisotopic (exact) mass is 187 g/mol. The van der Waals surface area contributed by atoms with Gasteiger partial charge in [0, 0.05) is 18.9 Å². The van der Waals surface area contributed by atoms with Gasteiger partial charge in [-0.05, 0) is 6.07 Å². The fourth-order valence-corrected chi connectivity index (χ4v) is 0.830. The number of rotatable bonds is 3. The molecule has 66 valence electrons. The number of halogens is 1. The van der Waals surface area contributed by atoms with Crippen LogP contribution in [0.4, 0.5) is 0 Å². The number of carboxylic acids is 1. The summed E-state index contributed by atoms with van der Waals surface area (Å²) in [6.45, 7) is 4.19. The van der Waals surface area contributed by atoms with E-state index < -0.39 is 5.97 Å². The maximum Gasteiger partial charge on any atom is 0.337 e. The molecule has 1 aromatic rings. The van der Waals surface area contributed by atoms with Crippen LogP contribution in [0.15, 0.2) is 31.1 Å². The first-order valence-corrected chi connectivity index (χ1v) is 3.24. The summed E-state index contributed by atoms with van der Waals surface area (Å²) < 4.78 is 1.76. The summed E-state index contributed by atoms with van der Waals surface area (Å²) in [7, 11) is 0. The molecular weight excluding hydrogens is 178 g/mol. The molecule has 0 aromatic carbocycles. The van der Waals surface area contributed by atoms with Crippen LogP contribution >= 0.6 is 12.4 Å². The summed E-state index contributed by atoms with van der Waals surface area (Å²) in [5, 5.41) is 8.53. The van der Waals surface area contributed by atoms with Gasteiger partial charge < -0.3 is 9.67 Å². The molecule has 0 aliphatic rings. The Hall–Kier alpha value is -1.22. The van der Waals surface area contributed by atoms with E-state index in [1.54, 1.807) is 29.1 Å². The molecule has 0 amide bonds. The number of carbonyl (C=O) groups is 1. The van der Waals surface area contributed by atoms with Crippen molar-refractivity contribution in [1.82, 2.24) is 4.57 Å². The van der Waals surface area contributed by atoms with E-state index in [1.165, 1.54) is 0 Å². The van der Waals surface area contributed by atoms with E-state index in [2.05, 4.69) is 6.58 Å². The average molecular weight is 188 g/mol. The molecule has 1 heterocycles. The number of nitrogens with zero attached hydrogens (tertiary/aromatic N) is 1. The molecule has 0 saturated heterocycles. The Morgan fingerprint density at radius 1 is 1.75 bits per heavy atom. The molecule has 0 fully saturated rings. The molecule has 0 aliphatic carbocycles. The zero-order chi connectivity index (χ0) is 8.27. The third kappa shape index (κ3) is 2.43. The summed E-state index contributed by atoms with van der Waals surface area (Å²) in [6, 6.07) is 1.56. The summed E-state index contributed by atoms with van der Waals surface area (Å²) in [5.74, 6) is -0.896. The fourth-order valence-electron chi connectivity index (χ4n) is 0.830. The molecule has 3 nitrogen and oxygen atoms in total. The molecule has 0 atom stereocenters. The van der Waals surface area contributed by atoms with Crippen molar-refractivity contribution in [2.24, 2.45) is 0 Å². The number of carboxylic acid groups (broad SMARTS) is 1. The zero-order valence-corrected chi connectivity index (χ0v) is 7.25. The summed E-state index contributed by atoms with van der Waals surface area (Å²) in [4.78, 5) is 10.4. The maximum absolute atomic E-state index is 10.4. The molecule has 0 aliphatic heterocycles. The summed E-state index contributed by atoms with van der Waals surface area (Å²) in [6.07, 6.45) is 5.00. The fraction of sp³-hybridized carbons (Fsp3) is 0.125. The first kappa shape index (κ1) is 10.8. The highest BCUT2D eigenvalue weighted by atomic mass is 35.5. The zero-order valence-electron chi connectivity index (χ0n) is 6.43. The molecule has 1 aromatic heterocycles. The van der Waals surface area contributed by atoms with Crippen molar-refractivity contribution >= 4 is 18.4 Å². The lowest BCUT2D eigenvalue weighted by Gasteiger charge is -1.92. The molecule has 1 rings (SSSR count). The van der Waals surface area contributed by atoms with Crippen molar-refractivity contribution in [3.05, 3.63) is 36.7 Å². The van der Waals surface area contributed by atoms with Crippen molar-refractivity contribution in [3.8, 4) is 0 Å². The summed E-state index contributed by atoms with van der Waals surface area (Å²) in [5.41, 5.74) is 0.312. The van der Waals surface area contributed by atoms with E-state index in [0.29, 0.717) is 12.1 Å². The highest BCUT2D eigenvalue weighted by molar-refractivity contribution is 5.87. The predicted octanol–water partition coefficient (Wildman–Crippen LogP) is 1.79. The Bertz CT molecular complexity index is 280. The van der Waals surface area contributed by atoms with Crippen LogP contribution in [0.25, 0.3) is 0 Å². The van der Waals surface area contributed by atoms with Crippen molar-refractivity contribution in [2.75, 3.05) is 0 Å². The van der Waals surface area contributed by atoms with Crippen LogP contribution in [0.2, 0.25) is 0 Å².